The molecule has 7 nitrogen and oxygen atoms in total. The van der Waals surface area contributed by atoms with Crippen LogP contribution in [-0.2, 0) is 18.4 Å². The molecule has 1 aromatic rings. The van der Waals surface area contributed by atoms with Gasteiger partial charge in [0.25, 0.3) is 0 Å². The number of carboxylic acid groups (broad SMARTS) is 1. The summed E-state index contributed by atoms with van der Waals surface area (Å²) < 4.78 is 1.82. The van der Waals surface area contributed by atoms with Crippen molar-refractivity contribution < 1.29 is 14.7 Å². The topological polar surface area (TPSA) is 78.7 Å². The lowest BCUT2D eigenvalue weighted by Crippen LogP contribution is -2.56. The van der Waals surface area contributed by atoms with Crippen LogP contribution in [0.2, 0.25) is 0 Å². The molecule has 0 atom stereocenters. The van der Waals surface area contributed by atoms with E-state index in [0.717, 1.165) is 5.82 Å². The third kappa shape index (κ3) is 3.09. The molecule has 0 aliphatic rings. The highest BCUT2D eigenvalue weighted by molar-refractivity contribution is 5.85. The quantitative estimate of drug-likeness (QED) is 0.879. The van der Waals surface area contributed by atoms with Crippen LogP contribution in [-0.4, -0.2) is 55.6 Å². The Morgan fingerprint density at radius 1 is 1.45 bits per heavy atom. The van der Waals surface area contributed by atoms with Crippen molar-refractivity contribution in [3.8, 4) is 0 Å². The highest BCUT2D eigenvalue weighted by Gasteiger charge is 2.38. The summed E-state index contributed by atoms with van der Waals surface area (Å²) in [6.45, 7) is 5.45. The lowest BCUT2D eigenvalue weighted by atomic mass is 10.0. The first-order valence-electron chi connectivity index (χ1n) is 6.44. The number of imidazole rings is 1. The number of nitrogens with zero attached hydrogens (tertiary/aromatic N) is 4. The molecule has 0 aliphatic carbocycles. The summed E-state index contributed by atoms with van der Waals surface area (Å²) in [5.74, 6) is -0.289. The van der Waals surface area contributed by atoms with Crippen molar-refractivity contribution in [3.63, 3.8) is 0 Å². The Morgan fingerprint density at radius 2 is 2.05 bits per heavy atom. The Kier molecular flexibility index (Phi) is 4.75. The Morgan fingerprint density at radius 3 is 2.45 bits per heavy atom. The fraction of sp³-hybridized carbons (Fsp3) is 0.615. The van der Waals surface area contributed by atoms with Gasteiger partial charge in [-0.25, -0.2) is 14.6 Å². The SMILES string of the molecule is CCN(C(=O)N(C)Cc1nccn1C)C(C)(C)C(=O)O. The normalized spacial score (nSPS) is 11.2. The smallest absolute Gasteiger partial charge is 0.329 e. The second kappa shape index (κ2) is 5.94. The molecule has 0 spiro atoms. The molecule has 0 aliphatic heterocycles. The Bertz CT molecular complexity index is 496. The van der Waals surface area contributed by atoms with E-state index in [1.54, 1.807) is 26.4 Å². The molecule has 0 saturated heterocycles. The summed E-state index contributed by atoms with van der Waals surface area (Å²) in [5.41, 5.74) is -1.25. The van der Waals surface area contributed by atoms with Crippen LogP contribution in [0.3, 0.4) is 0 Å². The van der Waals surface area contributed by atoms with Crippen molar-refractivity contribution in [2.45, 2.75) is 32.9 Å². The fourth-order valence-corrected chi connectivity index (χ4v) is 1.92. The van der Waals surface area contributed by atoms with Gasteiger partial charge in [-0.3, -0.25) is 0 Å². The van der Waals surface area contributed by atoms with Crippen LogP contribution < -0.4 is 0 Å². The van der Waals surface area contributed by atoms with Gasteiger partial charge in [0.2, 0.25) is 0 Å². The molecule has 1 aromatic heterocycles. The van der Waals surface area contributed by atoms with Gasteiger partial charge in [-0.15, -0.1) is 0 Å². The van der Waals surface area contributed by atoms with E-state index in [4.69, 9.17) is 0 Å². The first kappa shape index (κ1) is 16.0. The van der Waals surface area contributed by atoms with Crippen LogP contribution >= 0.6 is 0 Å². The van der Waals surface area contributed by atoms with Crippen molar-refractivity contribution in [2.24, 2.45) is 7.05 Å². The highest BCUT2D eigenvalue weighted by atomic mass is 16.4. The summed E-state index contributed by atoms with van der Waals surface area (Å²) >= 11 is 0. The van der Waals surface area contributed by atoms with E-state index >= 15 is 0 Å². The van der Waals surface area contributed by atoms with E-state index in [-0.39, 0.29) is 6.03 Å². The second-order valence-electron chi connectivity index (χ2n) is 5.20. The van der Waals surface area contributed by atoms with E-state index in [9.17, 15) is 14.7 Å². The zero-order valence-corrected chi connectivity index (χ0v) is 12.6. The van der Waals surface area contributed by atoms with Crippen LogP contribution in [0.5, 0.6) is 0 Å². The molecule has 2 amide bonds. The number of carbonyl (C=O) groups excluding carboxylic acids is 1. The third-order valence-corrected chi connectivity index (χ3v) is 3.37. The number of aliphatic carboxylic acids is 1. The maximum absolute atomic E-state index is 12.4. The molecular formula is C13H22N4O3. The van der Waals surface area contributed by atoms with Gasteiger partial charge in [-0.05, 0) is 20.8 Å². The maximum Gasteiger partial charge on any atom is 0.329 e. The Labute approximate surface area is 118 Å². The minimum absolute atomic E-state index is 0.322. The predicted octanol–water partition coefficient (Wildman–Crippen LogP) is 1.16. The molecule has 0 unspecified atom stereocenters. The van der Waals surface area contributed by atoms with Gasteiger partial charge in [0.05, 0.1) is 6.54 Å². The van der Waals surface area contributed by atoms with Gasteiger partial charge in [0.1, 0.15) is 11.4 Å². The summed E-state index contributed by atoms with van der Waals surface area (Å²) in [7, 11) is 3.48. The van der Waals surface area contributed by atoms with Gasteiger partial charge >= 0.3 is 12.0 Å². The van der Waals surface area contributed by atoms with E-state index in [0.29, 0.717) is 13.1 Å². The van der Waals surface area contributed by atoms with Crippen LogP contribution in [0.4, 0.5) is 4.79 Å². The van der Waals surface area contributed by atoms with E-state index in [1.165, 1.54) is 23.6 Å². The van der Waals surface area contributed by atoms with E-state index in [2.05, 4.69) is 4.98 Å². The number of hydrogen-bond acceptors (Lipinski definition) is 3. The number of carboxylic acids is 1. The standard InChI is InChI=1S/C13H22N4O3/c1-6-17(13(2,3)11(18)19)12(20)16(5)9-10-14-7-8-15(10)4/h7-8H,6,9H2,1-5H3,(H,18,19). The van der Waals surface area contributed by atoms with Crippen molar-refractivity contribution in [1.82, 2.24) is 19.4 Å². The second-order valence-corrected chi connectivity index (χ2v) is 5.20. The molecular weight excluding hydrogens is 260 g/mol. The fourth-order valence-electron chi connectivity index (χ4n) is 1.92. The molecule has 7 heteroatoms. The van der Waals surface area contributed by atoms with Crippen molar-refractivity contribution in [1.29, 1.82) is 0 Å². The van der Waals surface area contributed by atoms with Crippen LogP contribution in [0.1, 0.15) is 26.6 Å². The largest absolute Gasteiger partial charge is 0.480 e. The van der Waals surface area contributed by atoms with Crippen LogP contribution in [0.25, 0.3) is 0 Å². The number of urea groups is 1. The van der Waals surface area contributed by atoms with Gasteiger partial charge in [-0.1, -0.05) is 0 Å². The van der Waals surface area contributed by atoms with E-state index in [1.807, 2.05) is 11.6 Å². The third-order valence-electron chi connectivity index (χ3n) is 3.37. The predicted molar refractivity (Wildman–Crippen MR) is 74.2 cm³/mol. The molecule has 0 radical (unpaired) electrons. The lowest BCUT2D eigenvalue weighted by Gasteiger charge is -2.36. The highest BCUT2D eigenvalue weighted by Crippen LogP contribution is 2.17. The number of aromatic nitrogens is 2. The number of hydrogen-bond donors (Lipinski definition) is 1. The molecule has 0 aromatic carbocycles. The molecule has 0 bridgehead atoms. The molecule has 112 valence electrons. The van der Waals surface area contributed by atoms with Crippen molar-refractivity contribution >= 4 is 12.0 Å². The van der Waals surface area contributed by atoms with Gasteiger partial charge in [0.15, 0.2) is 0 Å². The summed E-state index contributed by atoms with van der Waals surface area (Å²) in [5, 5.41) is 9.25. The van der Waals surface area contributed by atoms with Crippen molar-refractivity contribution in [2.75, 3.05) is 13.6 Å². The zero-order valence-electron chi connectivity index (χ0n) is 12.6. The first-order chi connectivity index (χ1) is 9.21. The van der Waals surface area contributed by atoms with E-state index < -0.39 is 11.5 Å². The average Bonchev–Trinajstić information content (AvgIpc) is 2.75. The lowest BCUT2D eigenvalue weighted by molar-refractivity contribution is -0.147. The van der Waals surface area contributed by atoms with Gasteiger partial charge in [0, 0.05) is 33.0 Å². The summed E-state index contributed by atoms with van der Waals surface area (Å²) in [4.78, 5) is 30.7. The molecule has 1 N–H and O–H groups in total. The first-order valence-corrected chi connectivity index (χ1v) is 6.44. The molecule has 1 rings (SSSR count). The summed E-state index contributed by atoms with van der Waals surface area (Å²) in [6.07, 6.45) is 3.46. The van der Waals surface area contributed by atoms with Gasteiger partial charge in [-0.2, -0.15) is 0 Å². The maximum atomic E-state index is 12.4. The monoisotopic (exact) mass is 282 g/mol. The number of carbonyl (C=O) groups is 2. The number of likely N-dealkylation sites (N-methyl/N-ethyl adjacent to an activating group) is 1. The molecule has 0 saturated carbocycles. The minimum Gasteiger partial charge on any atom is -0.480 e. The van der Waals surface area contributed by atoms with Crippen molar-refractivity contribution in [3.05, 3.63) is 18.2 Å². The molecule has 0 fully saturated rings. The Balaban J connectivity index is 2.86. The molecule has 1 heterocycles. The Hall–Kier alpha value is -2.05. The van der Waals surface area contributed by atoms with Crippen LogP contribution in [0, 0.1) is 0 Å². The average molecular weight is 282 g/mol. The van der Waals surface area contributed by atoms with Crippen LogP contribution in [0.15, 0.2) is 12.4 Å². The number of aryl methyl sites for hydroxylation is 1. The van der Waals surface area contributed by atoms with Gasteiger partial charge < -0.3 is 19.5 Å². The number of rotatable bonds is 5. The molecule has 20 heavy (non-hydrogen) atoms. The number of amides is 2. The zero-order chi connectivity index (χ0) is 15.5. The summed E-state index contributed by atoms with van der Waals surface area (Å²) in [6, 6.07) is -0.331. The minimum atomic E-state index is -1.25.